The van der Waals surface area contributed by atoms with E-state index in [1.807, 2.05) is 0 Å². The molecule has 102 valence electrons. The highest BCUT2D eigenvalue weighted by atomic mass is 16.5. The Morgan fingerprint density at radius 2 is 1.70 bits per heavy atom. The number of rotatable bonds is 5. The SMILES string of the molecule is CCC(=O)c1ccccc1Oc1ccc(C(N)=O)cc1. The Morgan fingerprint density at radius 1 is 1.05 bits per heavy atom. The van der Waals surface area contributed by atoms with Gasteiger partial charge in [0.2, 0.25) is 5.91 Å². The third-order valence-electron chi connectivity index (χ3n) is 2.88. The summed E-state index contributed by atoms with van der Waals surface area (Å²) >= 11 is 0. The van der Waals surface area contributed by atoms with Crippen molar-refractivity contribution in [2.45, 2.75) is 13.3 Å². The van der Waals surface area contributed by atoms with Crippen molar-refractivity contribution >= 4 is 11.7 Å². The van der Waals surface area contributed by atoms with E-state index in [-0.39, 0.29) is 5.78 Å². The van der Waals surface area contributed by atoms with E-state index in [9.17, 15) is 9.59 Å². The molecule has 0 saturated carbocycles. The number of carbonyl (C=O) groups is 2. The molecule has 0 radical (unpaired) electrons. The van der Waals surface area contributed by atoms with Gasteiger partial charge in [0.05, 0.1) is 5.56 Å². The number of para-hydroxylation sites is 1. The quantitative estimate of drug-likeness (QED) is 0.847. The Morgan fingerprint density at radius 3 is 2.30 bits per heavy atom. The number of ether oxygens (including phenoxy) is 1. The van der Waals surface area contributed by atoms with Gasteiger partial charge < -0.3 is 10.5 Å². The first kappa shape index (κ1) is 13.8. The molecular weight excluding hydrogens is 254 g/mol. The molecule has 0 heterocycles. The lowest BCUT2D eigenvalue weighted by atomic mass is 10.1. The molecule has 0 aliphatic carbocycles. The van der Waals surface area contributed by atoms with Crippen molar-refractivity contribution in [3.8, 4) is 11.5 Å². The highest BCUT2D eigenvalue weighted by molar-refractivity contribution is 5.98. The molecule has 0 unspecified atom stereocenters. The first-order valence-electron chi connectivity index (χ1n) is 6.31. The van der Waals surface area contributed by atoms with Gasteiger partial charge in [-0.2, -0.15) is 0 Å². The summed E-state index contributed by atoms with van der Waals surface area (Å²) in [4.78, 5) is 22.8. The summed E-state index contributed by atoms with van der Waals surface area (Å²) in [5.74, 6) is 0.588. The highest BCUT2D eigenvalue weighted by Gasteiger charge is 2.11. The molecule has 0 aromatic heterocycles. The molecule has 2 rings (SSSR count). The van der Waals surface area contributed by atoms with Gasteiger partial charge in [-0.15, -0.1) is 0 Å². The molecule has 1 amide bonds. The predicted octanol–water partition coefficient (Wildman–Crippen LogP) is 3.17. The minimum atomic E-state index is -0.488. The first-order chi connectivity index (χ1) is 9.61. The molecule has 0 saturated heterocycles. The molecule has 20 heavy (non-hydrogen) atoms. The van der Waals surface area contributed by atoms with Crippen LogP contribution in [-0.4, -0.2) is 11.7 Å². The van der Waals surface area contributed by atoms with Crippen LogP contribution in [0.4, 0.5) is 0 Å². The van der Waals surface area contributed by atoms with E-state index in [1.54, 1.807) is 55.5 Å². The summed E-state index contributed by atoms with van der Waals surface area (Å²) < 4.78 is 5.69. The van der Waals surface area contributed by atoms with Crippen LogP contribution in [0.3, 0.4) is 0 Å². The van der Waals surface area contributed by atoms with Crippen molar-refractivity contribution in [2.24, 2.45) is 5.73 Å². The topological polar surface area (TPSA) is 69.4 Å². The van der Waals surface area contributed by atoms with Crippen molar-refractivity contribution in [2.75, 3.05) is 0 Å². The molecule has 2 aromatic rings. The van der Waals surface area contributed by atoms with E-state index in [4.69, 9.17) is 10.5 Å². The first-order valence-corrected chi connectivity index (χ1v) is 6.31. The number of benzene rings is 2. The van der Waals surface area contributed by atoms with Crippen LogP contribution < -0.4 is 10.5 Å². The van der Waals surface area contributed by atoms with E-state index in [0.717, 1.165) is 0 Å². The third kappa shape index (κ3) is 3.03. The predicted molar refractivity (Wildman–Crippen MR) is 76.1 cm³/mol. The van der Waals surface area contributed by atoms with Crippen LogP contribution in [0, 0.1) is 0 Å². The number of Topliss-reactive ketones (excluding diaryl/α,β-unsaturated/α-hetero) is 1. The number of ketones is 1. The molecule has 0 aliphatic rings. The summed E-state index contributed by atoms with van der Waals surface area (Å²) in [7, 11) is 0. The number of nitrogens with two attached hydrogens (primary N) is 1. The smallest absolute Gasteiger partial charge is 0.248 e. The second-order valence-electron chi connectivity index (χ2n) is 4.26. The molecule has 0 bridgehead atoms. The van der Waals surface area contributed by atoms with Crippen molar-refractivity contribution in [1.29, 1.82) is 0 Å². The highest BCUT2D eigenvalue weighted by Crippen LogP contribution is 2.26. The fourth-order valence-electron chi connectivity index (χ4n) is 1.79. The number of hydrogen-bond acceptors (Lipinski definition) is 3. The summed E-state index contributed by atoms with van der Waals surface area (Å²) in [5, 5.41) is 0. The molecule has 0 atom stereocenters. The van der Waals surface area contributed by atoms with Crippen LogP contribution in [-0.2, 0) is 0 Å². The molecule has 0 aliphatic heterocycles. The average Bonchev–Trinajstić information content (AvgIpc) is 2.47. The fraction of sp³-hybridized carbons (Fsp3) is 0.125. The molecule has 4 heteroatoms. The lowest BCUT2D eigenvalue weighted by Gasteiger charge is -2.10. The monoisotopic (exact) mass is 269 g/mol. The Balaban J connectivity index is 2.26. The zero-order valence-corrected chi connectivity index (χ0v) is 11.1. The normalized spacial score (nSPS) is 10.1. The van der Waals surface area contributed by atoms with Crippen LogP contribution in [0.5, 0.6) is 11.5 Å². The van der Waals surface area contributed by atoms with Crippen molar-refractivity contribution in [3.63, 3.8) is 0 Å². The van der Waals surface area contributed by atoms with Gasteiger partial charge in [-0.1, -0.05) is 19.1 Å². The number of amides is 1. The van der Waals surface area contributed by atoms with Gasteiger partial charge in [0.1, 0.15) is 11.5 Å². The molecule has 4 nitrogen and oxygen atoms in total. The van der Waals surface area contributed by atoms with Gasteiger partial charge in [-0.3, -0.25) is 9.59 Å². The van der Waals surface area contributed by atoms with Gasteiger partial charge in [0.15, 0.2) is 5.78 Å². The summed E-state index contributed by atoms with van der Waals surface area (Å²) in [5.41, 5.74) is 6.14. The van der Waals surface area contributed by atoms with E-state index >= 15 is 0 Å². The van der Waals surface area contributed by atoms with E-state index in [2.05, 4.69) is 0 Å². The second kappa shape index (κ2) is 6.02. The van der Waals surface area contributed by atoms with E-state index in [0.29, 0.717) is 29.0 Å². The Bertz CT molecular complexity index is 632. The maximum Gasteiger partial charge on any atom is 0.248 e. The van der Waals surface area contributed by atoms with Gasteiger partial charge in [0, 0.05) is 12.0 Å². The Kier molecular flexibility index (Phi) is 4.15. The number of hydrogen-bond donors (Lipinski definition) is 1. The minimum absolute atomic E-state index is 0.0226. The van der Waals surface area contributed by atoms with Crippen LogP contribution in [0.15, 0.2) is 48.5 Å². The van der Waals surface area contributed by atoms with Crippen LogP contribution >= 0.6 is 0 Å². The standard InChI is InChI=1S/C16H15NO3/c1-2-14(18)13-5-3-4-6-15(13)20-12-9-7-11(8-10-12)16(17)19/h3-10H,2H2,1H3,(H2,17,19). The minimum Gasteiger partial charge on any atom is -0.457 e. The average molecular weight is 269 g/mol. The number of carbonyl (C=O) groups excluding carboxylic acids is 2. The molecule has 2 aromatic carbocycles. The van der Waals surface area contributed by atoms with Crippen molar-refractivity contribution in [3.05, 3.63) is 59.7 Å². The zero-order valence-electron chi connectivity index (χ0n) is 11.1. The Labute approximate surface area is 117 Å². The van der Waals surface area contributed by atoms with Gasteiger partial charge in [-0.25, -0.2) is 0 Å². The summed E-state index contributed by atoms with van der Waals surface area (Å²) in [6.07, 6.45) is 0.418. The lowest BCUT2D eigenvalue weighted by molar-refractivity contribution is 0.0982. The molecule has 0 spiro atoms. The molecule has 0 fully saturated rings. The Hall–Kier alpha value is -2.62. The van der Waals surface area contributed by atoms with Crippen molar-refractivity contribution < 1.29 is 14.3 Å². The van der Waals surface area contributed by atoms with Gasteiger partial charge in [0.25, 0.3) is 0 Å². The number of primary amides is 1. The third-order valence-corrected chi connectivity index (χ3v) is 2.88. The van der Waals surface area contributed by atoms with Crippen LogP contribution in [0.25, 0.3) is 0 Å². The summed E-state index contributed by atoms with van der Waals surface area (Å²) in [6.45, 7) is 1.81. The maximum absolute atomic E-state index is 11.8. The van der Waals surface area contributed by atoms with Crippen LogP contribution in [0.2, 0.25) is 0 Å². The van der Waals surface area contributed by atoms with E-state index < -0.39 is 5.91 Å². The molecule has 2 N–H and O–H groups in total. The summed E-state index contributed by atoms with van der Waals surface area (Å²) in [6, 6.07) is 13.5. The largest absolute Gasteiger partial charge is 0.457 e. The van der Waals surface area contributed by atoms with Gasteiger partial charge in [-0.05, 0) is 36.4 Å². The van der Waals surface area contributed by atoms with Gasteiger partial charge >= 0.3 is 0 Å². The zero-order chi connectivity index (χ0) is 14.5. The fourth-order valence-corrected chi connectivity index (χ4v) is 1.79. The van der Waals surface area contributed by atoms with Crippen LogP contribution in [0.1, 0.15) is 34.1 Å². The van der Waals surface area contributed by atoms with Crippen molar-refractivity contribution in [1.82, 2.24) is 0 Å². The lowest BCUT2D eigenvalue weighted by Crippen LogP contribution is -2.10. The molecular formula is C16H15NO3. The van der Waals surface area contributed by atoms with E-state index in [1.165, 1.54) is 0 Å². The second-order valence-corrected chi connectivity index (χ2v) is 4.26. The maximum atomic E-state index is 11.8.